The maximum Gasteiger partial charge on any atom is 0.250 e. The van der Waals surface area contributed by atoms with Crippen LogP contribution in [0.2, 0.25) is 0 Å². The van der Waals surface area contributed by atoms with Gasteiger partial charge in [-0.1, -0.05) is 12.8 Å². The number of hydrogen-bond donors (Lipinski definition) is 1. The second-order valence-electron chi connectivity index (χ2n) is 5.09. The van der Waals surface area contributed by atoms with Crippen LogP contribution in [0.25, 0.3) is 0 Å². The van der Waals surface area contributed by atoms with Crippen molar-refractivity contribution in [2.45, 2.75) is 39.2 Å². The molecule has 0 unspecified atom stereocenters. The minimum Gasteiger partial charge on any atom is -0.315 e. The van der Waals surface area contributed by atoms with Crippen LogP contribution in [0.5, 0.6) is 0 Å². The molecule has 1 heterocycles. The average molecular weight is 234 g/mol. The molecule has 3 heteroatoms. The summed E-state index contributed by atoms with van der Waals surface area (Å²) < 4.78 is 1.77. The van der Waals surface area contributed by atoms with Crippen molar-refractivity contribution in [2.75, 3.05) is 13.1 Å². The highest BCUT2D eigenvalue weighted by molar-refractivity contribution is 5.07. The van der Waals surface area contributed by atoms with Crippen molar-refractivity contribution in [1.82, 2.24) is 9.88 Å². The van der Waals surface area contributed by atoms with Crippen molar-refractivity contribution in [3.05, 3.63) is 34.2 Å². The Bertz CT molecular complexity index is 405. The van der Waals surface area contributed by atoms with E-state index in [9.17, 15) is 4.79 Å². The second kappa shape index (κ2) is 6.01. The van der Waals surface area contributed by atoms with Crippen molar-refractivity contribution in [3.63, 3.8) is 0 Å². The van der Waals surface area contributed by atoms with Gasteiger partial charge in [-0.25, -0.2) is 0 Å². The molecule has 1 aromatic rings. The Labute approximate surface area is 103 Å². The van der Waals surface area contributed by atoms with E-state index < -0.39 is 0 Å². The van der Waals surface area contributed by atoms with Crippen LogP contribution in [0.1, 0.15) is 31.2 Å². The fourth-order valence-corrected chi connectivity index (χ4v) is 2.51. The zero-order chi connectivity index (χ0) is 12.1. The van der Waals surface area contributed by atoms with E-state index in [1.807, 2.05) is 19.2 Å². The summed E-state index contributed by atoms with van der Waals surface area (Å²) in [5.41, 5.74) is 1.14. The van der Waals surface area contributed by atoms with Crippen LogP contribution in [0.15, 0.2) is 23.1 Å². The molecule has 0 aliphatic heterocycles. The Kier molecular flexibility index (Phi) is 4.37. The molecule has 0 saturated heterocycles. The lowest BCUT2D eigenvalue weighted by atomic mass is 10.1. The fraction of sp³-hybridized carbons (Fsp3) is 0.643. The standard InChI is InChI=1S/C14H22N2O/c1-12-6-8-16(14(17)10-12)9-7-15-11-13-4-2-3-5-13/h6,8,10,13,15H,2-5,7,9,11H2,1H3. The number of aromatic nitrogens is 1. The van der Waals surface area contributed by atoms with Crippen molar-refractivity contribution >= 4 is 0 Å². The highest BCUT2D eigenvalue weighted by Crippen LogP contribution is 2.23. The molecule has 1 fully saturated rings. The van der Waals surface area contributed by atoms with Gasteiger partial charge < -0.3 is 9.88 Å². The molecular formula is C14H22N2O. The van der Waals surface area contributed by atoms with Gasteiger partial charge >= 0.3 is 0 Å². The molecule has 1 aliphatic carbocycles. The van der Waals surface area contributed by atoms with E-state index in [0.29, 0.717) is 0 Å². The van der Waals surface area contributed by atoms with Gasteiger partial charge in [0.25, 0.3) is 5.56 Å². The monoisotopic (exact) mass is 234 g/mol. The van der Waals surface area contributed by atoms with Crippen LogP contribution in [0.4, 0.5) is 0 Å². The summed E-state index contributed by atoms with van der Waals surface area (Å²) in [5, 5.41) is 3.46. The van der Waals surface area contributed by atoms with E-state index in [2.05, 4.69) is 5.32 Å². The average Bonchev–Trinajstić information content (AvgIpc) is 2.79. The van der Waals surface area contributed by atoms with Gasteiger partial charge in [0.05, 0.1) is 0 Å². The Balaban J connectivity index is 1.72. The first-order valence-electron chi connectivity index (χ1n) is 6.63. The first-order valence-corrected chi connectivity index (χ1v) is 6.63. The summed E-state index contributed by atoms with van der Waals surface area (Å²) in [7, 11) is 0. The first kappa shape index (κ1) is 12.4. The quantitative estimate of drug-likeness (QED) is 0.790. The third-order valence-corrected chi connectivity index (χ3v) is 3.59. The SMILES string of the molecule is Cc1ccn(CCNCC2CCCC2)c(=O)c1. The van der Waals surface area contributed by atoms with E-state index in [1.165, 1.54) is 25.7 Å². The maximum absolute atomic E-state index is 11.6. The summed E-state index contributed by atoms with van der Waals surface area (Å²) in [6, 6.07) is 3.68. The summed E-state index contributed by atoms with van der Waals surface area (Å²) in [4.78, 5) is 11.6. The topological polar surface area (TPSA) is 34.0 Å². The van der Waals surface area contributed by atoms with Crippen molar-refractivity contribution in [1.29, 1.82) is 0 Å². The molecule has 17 heavy (non-hydrogen) atoms. The first-order chi connectivity index (χ1) is 8.25. The summed E-state index contributed by atoms with van der Waals surface area (Å²) in [5.74, 6) is 0.865. The fourth-order valence-electron chi connectivity index (χ4n) is 2.51. The predicted octanol–water partition coefficient (Wildman–Crippen LogP) is 1.94. The molecule has 1 saturated carbocycles. The number of aryl methyl sites for hydroxylation is 1. The van der Waals surface area contributed by atoms with E-state index >= 15 is 0 Å². The third-order valence-electron chi connectivity index (χ3n) is 3.59. The van der Waals surface area contributed by atoms with Crippen LogP contribution in [0, 0.1) is 12.8 Å². The highest BCUT2D eigenvalue weighted by Gasteiger charge is 2.13. The van der Waals surface area contributed by atoms with Gasteiger partial charge in [0.15, 0.2) is 0 Å². The van der Waals surface area contributed by atoms with Crippen LogP contribution >= 0.6 is 0 Å². The molecule has 0 bridgehead atoms. The van der Waals surface area contributed by atoms with Crippen LogP contribution < -0.4 is 10.9 Å². The summed E-state index contributed by atoms with van der Waals surface area (Å²) in [6.45, 7) is 4.72. The molecule has 2 rings (SSSR count). The van der Waals surface area contributed by atoms with Gasteiger partial charge in [-0.15, -0.1) is 0 Å². The molecule has 94 valence electrons. The van der Waals surface area contributed by atoms with E-state index in [-0.39, 0.29) is 5.56 Å². The van der Waals surface area contributed by atoms with Crippen molar-refractivity contribution in [2.24, 2.45) is 5.92 Å². The van der Waals surface area contributed by atoms with E-state index in [1.54, 1.807) is 10.6 Å². The molecule has 0 amide bonds. The zero-order valence-corrected chi connectivity index (χ0v) is 10.6. The lowest BCUT2D eigenvalue weighted by Gasteiger charge is -2.11. The van der Waals surface area contributed by atoms with Crippen molar-refractivity contribution in [3.8, 4) is 0 Å². The molecule has 0 radical (unpaired) electrons. The Morgan fingerprint density at radius 1 is 1.41 bits per heavy atom. The van der Waals surface area contributed by atoms with Gasteiger partial charge in [0.2, 0.25) is 0 Å². The van der Waals surface area contributed by atoms with Crippen LogP contribution in [-0.2, 0) is 6.54 Å². The third kappa shape index (κ3) is 3.70. The highest BCUT2D eigenvalue weighted by atomic mass is 16.1. The van der Waals surface area contributed by atoms with Gasteiger partial charge in [-0.05, 0) is 43.9 Å². The minimum atomic E-state index is 0.104. The van der Waals surface area contributed by atoms with Crippen molar-refractivity contribution < 1.29 is 0 Å². The van der Waals surface area contributed by atoms with Gasteiger partial charge in [-0.2, -0.15) is 0 Å². The Morgan fingerprint density at radius 3 is 2.88 bits per heavy atom. The molecule has 0 spiro atoms. The van der Waals surface area contributed by atoms with Gasteiger partial charge in [-0.3, -0.25) is 4.79 Å². The van der Waals surface area contributed by atoms with E-state index in [0.717, 1.165) is 31.1 Å². The molecular weight excluding hydrogens is 212 g/mol. The Morgan fingerprint density at radius 2 is 2.18 bits per heavy atom. The number of pyridine rings is 1. The second-order valence-corrected chi connectivity index (χ2v) is 5.09. The molecule has 0 atom stereocenters. The largest absolute Gasteiger partial charge is 0.315 e. The number of nitrogens with one attached hydrogen (secondary N) is 1. The number of nitrogens with zero attached hydrogens (tertiary/aromatic N) is 1. The predicted molar refractivity (Wildman–Crippen MR) is 70.3 cm³/mol. The zero-order valence-electron chi connectivity index (χ0n) is 10.6. The number of rotatable bonds is 5. The Hall–Kier alpha value is -1.09. The minimum absolute atomic E-state index is 0.104. The van der Waals surface area contributed by atoms with Gasteiger partial charge in [0.1, 0.15) is 0 Å². The maximum atomic E-state index is 11.6. The number of hydrogen-bond acceptors (Lipinski definition) is 2. The van der Waals surface area contributed by atoms with Crippen LogP contribution in [-0.4, -0.2) is 17.7 Å². The normalized spacial score (nSPS) is 16.5. The smallest absolute Gasteiger partial charge is 0.250 e. The molecule has 1 N–H and O–H groups in total. The lowest BCUT2D eigenvalue weighted by Crippen LogP contribution is -2.29. The molecule has 0 aromatic carbocycles. The lowest BCUT2D eigenvalue weighted by molar-refractivity contribution is 0.474. The van der Waals surface area contributed by atoms with Crippen LogP contribution in [0.3, 0.4) is 0 Å². The molecule has 3 nitrogen and oxygen atoms in total. The summed E-state index contributed by atoms with van der Waals surface area (Å²) in [6.07, 6.45) is 7.41. The van der Waals surface area contributed by atoms with E-state index in [4.69, 9.17) is 0 Å². The molecule has 1 aromatic heterocycles. The molecule has 1 aliphatic rings. The summed E-state index contributed by atoms with van der Waals surface area (Å²) >= 11 is 0. The van der Waals surface area contributed by atoms with Gasteiger partial charge in [0, 0.05) is 25.4 Å².